The van der Waals surface area contributed by atoms with Crippen LogP contribution in [0, 0.1) is 0 Å². The molecule has 0 spiro atoms. The predicted molar refractivity (Wildman–Crippen MR) is 88.3 cm³/mol. The molecule has 0 fully saturated rings. The molecular weight excluding hydrogens is 242 g/mol. The fourth-order valence-electron chi connectivity index (χ4n) is 2.43. The molecule has 0 heterocycles. The van der Waals surface area contributed by atoms with Crippen LogP contribution in [0.4, 0.5) is 5.69 Å². The van der Waals surface area contributed by atoms with Crippen LogP contribution >= 0.6 is 0 Å². The summed E-state index contributed by atoms with van der Waals surface area (Å²) < 4.78 is 0. The SMILES string of the molecule is CCCc1ccc(NC(C)c2ccc(CC)cc2)cc1. The van der Waals surface area contributed by atoms with E-state index >= 15 is 0 Å². The van der Waals surface area contributed by atoms with E-state index in [4.69, 9.17) is 0 Å². The van der Waals surface area contributed by atoms with Crippen LogP contribution in [0.25, 0.3) is 0 Å². The van der Waals surface area contributed by atoms with Crippen molar-refractivity contribution in [1.82, 2.24) is 0 Å². The Morgan fingerprint density at radius 3 is 2.00 bits per heavy atom. The van der Waals surface area contributed by atoms with Crippen LogP contribution in [-0.4, -0.2) is 0 Å². The van der Waals surface area contributed by atoms with Gasteiger partial charge in [-0.05, 0) is 48.6 Å². The van der Waals surface area contributed by atoms with E-state index in [1.807, 2.05) is 0 Å². The molecule has 0 aliphatic carbocycles. The van der Waals surface area contributed by atoms with Gasteiger partial charge in [0.1, 0.15) is 0 Å². The van der Waals surface area contributed by atoms with E-state index in [2.05, 4.69) is 74.6 Å². The maximum Gasteiger partial charge on any atom is 0.0485 e. The first-order valence-corrected chi connectivity index (χ1v) is 7.67. The highest BCUT2D eigenvalue weighted by Gasteiger charge is 2.05. The number of rotatable bonds is 6. The van der Waals surface area contributed by atoms with Gasteiger partial charge in [0.05, 0.1) is 0 Å². The van der Waals surface area contributed by atoms with Crippen LogP contribution in [-0.2, 0) is 12.8 Å². The molecule has 2 aromatic rings. The Morgan fingerprint density at radius 2 is 1.45 bits per heavy atom. The van der Waals surface area contributed by atoms with Crippen LogP contribution in [0.3, 0.4) is 0 Å². The summed E-state index contributed by atoms with van der Waals surface area (Å²) in [6.45, 7) is 6.61. The minimum absolute atomic E-state index is 0.331. The number of nitrogens with one attached hydrogen (secondary N) is 1. The Labute approximate surface area is 123 Å². The minimum atomic E-state index is 0.331. The summed E-state index contributed by atoms with van der Waals surface area (Å²) >= 11 is 0. The zero-order chi connectivity index (χ0) is 14.4. The van der Waals surface area contributed by atoms with E-state index in [9.17, 15) is 0 Å². The first-order valence-electron chi connectivity index (χ1n) is 7.67. The Morgan fingerprint density at radius 1 is 0.850 bits per heavy atom. The molecule has 2 rings (SSSR count). The normalized spacial score (nSPS) is 12.2. The lowest BCUT2D eigenvalue weighted by Crippen LogP contribution is -2.06. The van der Waals surface area contributed by atoms with Crippen LogP contribution in [0.15, 0.2) is 48.5 Å². The van der Waals surface area contributed by atoms with E-state index in [1.54, 1.807) is 0 Å². The van der Waals surface area contributed by atoms with Gasteiger partial charge in [-0.1, -0.05) is 56.7 Å². The lowest BCUT2D eigenvalue weighted by molar-refractivity contribution is 0.881. The van der Waals surface area contributed by atoms with Gasteiger partial charge >= 0.3 is 0 Å². The molecule has 1 atom stereocenters. The Balaban J connectivity index is 2.00. The summed E-state index contributed by atoms with van der Waals surface area (Å²) in [6, 6.07) is 18.0. The first kappa shape index (κ1) is 14.6. The standard InChI is InChI=1S/C19H25N/c1-4-6-17-9-13-19(14-10-17)20-15(3)18-11-7-16(5-2)8-12-18/h7-15,20H,4-6H2,1-3H3. The second-order valence-corrected chi connectivity index (χ2v) is 5.41. The van der Waals surface area contributed by atoms with Crippen LogP contribution in [0.2, 0.25) is 0 Å². The molecule has 0 amide bonds. The molecule has 106 valence electrons. The molecule has 0 aliphatic heterocycles. The number of aryl methyl sites for hydroxylation is 2. The Kier molecular flexibility index (Phi) is 5.23. The summed E-state index contributed by atoms with van der Waals surface area (Å²) in [5.74, 6) is 0. The average Bonchev–Trinajstić information content (AvgIpc) is 2.49. The zero-order valence-corrected chi connectivity index (χ0v) is 12.8. The van der Waals surface area contributed by atoms with Crippen LogP contribution in [0.1, 0.15) is 49.9 Å². The van der Waals surface area contributed by atoms with E-state index in [0.717, 1.165) is 12.8 Å². The van der Waals surface area contributed by atoms with E-state index < -0.39 is 0 Å². The molecule has 2 aromatic carbocycles. The average molecular weight is 267 g/mol. The summed E-state index contributed by atoms with van der Waals surface area (Å²) in [5.41, 5.74) is 5.33. The molecular formula is C19H25N. The van der Waals surface area contributed by atoms with Gasteiger partial charge in [-0.15, -0.1) is 0 Å². The number of hydrogen-bond acceptors (Lipinski definition) is 1. The van der Waals surface area contributed by atoms with E-state index in [1.165, 1.54) is 28.8 Å². The molecule has 0 saturated heterocycles. The Bertz CT molecular complexity index is 510. The lowest BCUT2D eigenvalue weighted by Gasteiger charge is -2.16. The lowest BCUT2D eigenvalue weighted by atomic mass is 10.0. The highest BCUT2D eigenvalue weighted by molar-refractivity contribution is 5.46. The van der Waals surface area contributed by atoms with Gasteiger partial charge in [-0.2, -0.15) is 0 Å². The van der Waals surface area contributed by atoms with Crippen molar-refractivity contribution < 1.29 is 0 Å². The van der Waals surface area contributed by atoms with Crippen molar-refractivity contribution in [2.45, 2.75) is 46.1 Å². The van der Waals surface area contributed by atoms with Gasteiger partial charge in [0.25, 0.3) is 0 Å². The van der Waals surface area contributed by atoms with Crippen LogP contribution < -0.4 is 5.32 Å². The monoisotopic (exact) mass is 267 g/mol. The smallest absolute Gasteiger partial charge is 0.0485 e. The van der Waals surface area contributed by atoms with E-state index in [-0.39, 0.29) is 0 Å². The van der Waals surface area contributed by atoms with Crippen molar-refractivity contribution in [3.8, 4) is 0 Å². The second kappa shape index (κ2) is 7.14. The number of benzene rings is 2. The van der Waals surface area contributed by atoms with E-state index in [0.29, 0.717) is 6.04 Å². The highest BCUT2D eigenvalue weighted by atomic mass is 14.9. The molecule has 0 bridgehead atoms. The fourth-order valence-corrected chi connectivity index (χ4v) is 2.43. The molecule has 0 aliphatic rings. The number of anilines is 1. The summed E-state index contributed by atoms with van der Waals surface area (Å²) in [6.07, 6.45) is 3.46. The summed E-state index contributed by atoms with van der Waals surface area (Å²) in [4.78, 5) is 0. The predicted octanol–water partition coefficient (Wildman–Crippen LogP) is 5.37. The third kappa shape index (κ3) is 3.86. The van der Waals surface area contributed by atoms with Gasteiger partial charge in [0.2, 0.25) is 0 Å². The maximum absolute atomic E-state index is 3.56. The van der Waals surface area contributed by atoms with Crippen molar-refractivity contribution >= 4 is 5.69 Å². The molecule has 0 aromatic heterocycles. The molecule has 1 nitrogen and oxygen atoms in total. The fraction of sp³-hybridized carbons (Fsp3) is 0.368. The largest absolute Gasteiger partial charge is 0.379 e. The van der Waals surface area contributed by atoms with Gasteiger partial charge in [-0.25, -0.2) is 0 Å². The molecule has 0 radical (unpaired) electrons. The Hall–Kier alpha value is -1.76. The zero-order valence-electron chi connectivity index (χ0n) is 12.8. The maximum atomic E-state index is 3.56. The molecule has 1 unspecified atom stereocenters. The van der Waals surface area contributed by atoms with Crippen molar-refractivity contribution in [3.05, 3.63) is 65.2 Å². The summed E-state index contributed by atoms with van der Waals surface area (Å²) in [5, 5.41) is 3.56. The summed E-state index contributed by atoms with van der Waals surface area (Å²) in [7, 11) is 0. The third-order valence-corrected chi connectivity index (χ3v) is 3.76. The van der Waals surface area contributed by atoms with Crippen molar-refractivity contribution in [2.75, 3.05) is 5.32 Å². The van der Waals surface area contributed by atoms with Crippen molar-refractivity contribution in [2.24, 2.45) is 0 Å². The van der Waals surface area contributed by atoms with Gasteiger partial charge in [0.15, 0.2) is 0 Å². The van der Waals surface area contributed by atoms with Gasteiger partial charge in [0, 0.05) is 11.7 Å². The third-order valence-electron chi connectivity index (χ3n) is 3.76. The van der Waals surface area contributed by atoms with Gasteiger partial charge < -0.3 is 5.32 Å². The first-order chi connectivity index (χ1) is 9.72. The molecule has 20 heavy (non-hydrogen) atoms. The molecule has 0 saturated carbocycles. The number of hydrogen-bond donors (Lipinski definition) is 1. The second-order valence-electron chi connectivity index (χ2n) is 5.41. The van der Waals surface area contributed by atoms with Crippen molar-refractivity contribution in [3.63, 3.8) is 0 Å². The molecule has 1 N–H and O–H groups in total. The minimum Gasteiger partial charge on any atom is -0.379 e. The highest BCUT2D eigenvalue weighted by Crippen LogP contribution is 2.20. The van der Waals surface area contributed by atoms with Crippen molar-refractivity contribution in [1.29, 1.82) is 0 Å². The topological polar surface area (TPSA) is 12.0 Å². The molecule has 1 heteroatoms. The van der Waals surface area contributed by atoms with Gasteiger partial charge in [-0.3, -0.25) is 0 Å². The van der Waals surface area contributed by atoms with Crippen LogP contribution in [0.5, 0.6) is 0 Å². The quantitative estimate of drug-likeness (QED) is 0.741.